The maximum Gasteiger partial charge on any atom is 0.358 e. The van der Waals surface area contributed by atoms with Crippen molar-refractivity contribution >= 4 is 51.1 Å². The highest BCUT2D eigenvalue weighted by molar-refractivity contribution is 8.01. The summed E-state index contributed by atoms with van der Waals surface area (Å²) >= 11 is 3.08. The third-order valence-corrected chi connectivity index (χ3v) is 7.27. The number of benzene rings is 3. The van der Waals surface area contributed by atoms with Gasteiger partial charge in [0.15, 0.2) is 15.8 Å². The van der Waals surface area contributed by atoms with Gasteiger partial charge in [-0.2, -0.15) is 0 Å². The van der Waals surface area contributed by atoms with E-state index in [1.165, 1.54) is 32.1 Å². The second kappa shape index (κ2) is 12.2. The Bertz CT molecular complexity index is 1370. The summed E-state index contributed by atoms with van der Waals surface area (Å²) in [6.45, 7) is 0. The van der Waals surface area contributed by atoms with E-state index in [9.17, 15) is 4.79 Å². The standard InChI is InChI=1S/C27H24N2O5S2/c1-31-22-15-14-19(25(32-2)26(22)33-3)21(17-35-27-28-20-11-7-8-12-23(20)36-27)29-34-24(30)16-13-18-9-5-4-6-10-18/h4-16H,17H2,1-3H3/b16-13+,29-21+. The van der Waals surface area contributed by atoms with Gasteiger partial charge in [-0.1, -0.05) is 59.4 Å². The second-order valence-corrected chi connectivity index (χ2v) is 9.56. The normalized spacial score (nSPS) is 11.6. The zero-order valence-electron chi connectivity index (χ0n) is 20.0. The first-order chi connectivity index (χ1) is 17.6. The molecule has 4 rings (SSSR count). The van der Waals surface area contributed by atoms with E-state index in [0.29, 0.717) is 34.3 Å². The van der Waals surface area contributed by atoms with Gasteiger partial charge in [0.25, 0.3) is 0 Å². The van der Waals surface area contributed by atoms with Gasteiger partial charge < -0.3 is 19.0 Å². The van der Waals surface area contributed by atoms with Crippen LogP contribution in [0.25, 0.3) is 16.3 Å². The van der Waals surface area contributed by atoms with Crippen molar-refractivity contribution in [3.8, 4) is 17.2 Å². The number of rotatable bonds is 10. The number of ether oxygens (including phenoxy) is 3. The molecule has 184 valence electrons. The van der Waals surface area contributed by atoms with Crippen LogP contribution in [-0.2, 0) is 9.63 Å². The number of thiazole rings is 1. The van der Waals surface area contributed by atoms with E-state index in [2.05, 4.69) is 10.1 Å². The van der Waals surface area contributed by atoms with E-state index in [1.54, 1.807) is 36.7 Å². The number of nitrogens with zero attached hydrogens (tertiary/aromatic N) is 2. The molecule has 0 fully saturated rings. The molecule has 36 heavy (non-hydrogen) atoms. The predicted octanol–water partition coefficient (Wildman–Crippen LogP) is 6.08. The largest absolute Gasteiger partial charge is 0.493 e. The van der Waals surface area contributed by atoms with Crippen LogP contribution in [0.15, 0.2) is 82.3 Å². The number of hydrogen-bond acceptors (Lipinski definition) is 9. The summed E-state index contributed by atoms with van der Waals surface area (Å²) in [5.74, 6) is 1.14. The average Bonchev–Trinajstić information content (AvgIpc) is 3.34. The Hall–Kier alpha value is -3.82. The smallest absolute Gasteiger partial charge is 0.358 e. The molecule has 0 aliphatic carbocycles. The molecule has 9 heteroatoms. The van der Waals surface area contributed by atoms with Gasteiger partial charge in [-0.25, -0.2) is 9.78 Å². The maximum atomic E-state index is 12.4. The lowest BCUT2D eigenvalue weighted by Gasteiger charge is -2.16. The minimum atomic E-state index is -0.596. The Kier molecular flexibility index (Phi) is 8.59. The Morgan fingerprint density at radius 1 is 0.944 bits per heavy atom. The van der Waals surface area contributed by atoms with Gasteiger partial charge >= 0.3 is 5.97 Å². The molecule has 0 radical (unpaired) electrons. The summed E-state index contributed by atoms with van der Waals surface area (Å²) < 4.78 is 18.5. The molecule has 3 aromatic carbocycles. The van der Waals surface area contributed by atoms with Crippen LogP contribution < -0.4 is 14.2 Å². The van der Waals surface area contributed by atoms with E-state index in [0.717, 1.165) is 20.1 Å². The highest BCUT2D eigenvalue weighted by atomic mass is 32.2. The minimum absolute atomic E-state index is 0.376. The first-order valence-corrected chi connectivity index (χ1v) is 12.7. The van der Waals surface area contributed by atoms with Crippen LogP contribution in [0.1, 0.15) is 11.1 Å². The maximum absolute atomic E-state index is 12.4. The van der Waals surface area contributed by atoms with Crippen LogP contribution in [0.2, 0.25) is 0 Å². The Labute approximate surface area is 217 Å². The summed E-state index contributed by atoms with van der Waals surface area (Å²) in [6.07, 6.45) is 3.01. The highest BCUT2D eigenvalue weighted by Crippen LogP contribution is 2.41. The number of hydrogen-bond donors (Lipinski definition) is 0. The molecule has 0 atom stereocenters. The first kappa shape index (κ1) is 25.3. The number of oxime groups is 1. The molecular weight excluding hydrogens is 496 g/mol. The van der Waals surface area contributed by atoms with Crippen molar-refractivity contribution in [2.45, 2.75) is 4.34 Å². The summed E-state index contributed by atoms with van der Waals surface area (Å²) in [5, 5.41) is 4.21. The molecule has 1 aromatic heterocycles. The number of fused-ring (bicyclic) bond motifs is 1. The monoisotopic (exact) mass is 520 g/mol. The molecular formula is C27H24N2O5S2. The molecule has 0 saturated carbocycles. The van der Waals surface area contributed by atoms with Crippen LogP contribution >= 0.6 is 23.1 Å². The SMILES string of the molecule is COc1ccc(/C(CSc2nc3ccccc3s2)=N/OC(=O)/C=C/c2ccccc2)c(OC)c1OC. The van der Waals surface area contributed by atoms with Crippen molar-refractivity contribution < 1.29 is 23.8 Å². The van der Waals surface area contributed by atoms with Gasteiger partial charge in [0, 0.05) is 17.4 Å². The van der Waals surface area contributed by atoms with Crippen molar-refractivity contribution in [1.82, 2.24) is 4.98 Å². The van der Waals surface area contributed by atoms with Gasteiger partial charge in [-0.3, -0.25) is 0 Å². The molecule has 1 heterocycles. The first-order valence-electron chi connectivity index (χ1n) is 10.9. The molecule has 0 spiro atoms. The Morgan fingerprint density at radius 3 is 2.42 bits per heavy atom. The van der Waals surface area contributed by atoms with E-state index >= 15 is 0 Å². The van der Waals surface area contributed by atoms with Gasteiger partial charge in [0.05, 0.1) is 31.5 Å². The highest BCUT2D eigenvalue weighted by Gasteiger charge is 2.21. The lowest BCUT2D eigenvalue weighted by molar-refractivity contribution is -0.137. The molecule has 0 aliphatic rings. The van der Waals surface area contributed by atoms with Crippen molar-refractivity contribution in [2.75, 3.05) is 27.1 Å². The quantitative estimate of drug-likeness (QED) is 0.0825. The fourth-order valence-electron chi connectivity index (χ4n) is 3.38. The van der Waals surface area contributed by atoms with Gasteiger partial charge in [-0.05, 0) is 35.9 Å². The van der Waals surface area contributed by atoms with E-state index < -0.39 is 5.97 Å². The van der Waals surface area contributed by atoms with Gasteiger partial charge in [0.1, 0.15) is 5.71 Å². The van der Waals surface area contributed by atoms with Crippen molar-refractivity contribution in [1.29, 1.82) is 0 Å². The fraction of sp³-hybridized carbons (Fsp3) is 0.148. The number of aromatic nitrogens is 1. The molecule has 0 unspecified atom stereocenters. The molecule has 0 N–H and O–H groups in total. The van der Waals surface area contributed by atoms with Crippen LogP contribution in [-0.4, -0.2) is 43.7 Å². The fourth-order valence-corrected chi connectivity index (χ4v) is 5.39. The summed E-state index contributed by atoms with van der Waals surface area (Å²) in [4.78, 5) is 22.3. The minimum Gasteiger partial charge on any atom is -0.493 e. The number of carbonyl (C=O) groups excluding carboxylic acids is 1. The molecule has 0 aliphatic heterocycles. The Balaban J connectivity index is 1.62. The lowest BCUT2D eigenvalue weighted by Crippen LogP contribution is -2.10. The summed E-state index contributed by atoms with van der Waals surface area (Å²) in [6, 6.07) is 21.0. The van der Waals surface area contributed by atoms with Gasteiger partial charge in [-0.15, -0.1) is 11.3 Å². The van der Waals surface area contributed by atoms with E-state index in [1.807, 2.05) is 54.6 Å². The third-order valence-electron chi connectivity index (χ3n) is 5.08. The average molecular weight is 521 g/mol. The topological polar surface area (TPSA) is 79.2 Å². The summed E-state index contributed by atoms with van der Waals surface area (Å²) in [5.41, 5.74) is 2.92. The lowest BCUT2D eigenvalue weighted by atomic mass is 10.1. The molecule has 0 bridgehead atoms. The predicted molar refractivity (Wildman–Crippen MR) is 145 cm³/mol. The third kappa shape index (κ3) is 6.05. The molecule has 4 aromatic rings. The zero-order valence-corrected chi connectivity index (χ0v) is 21.6. The van der Waals surface area contributed by atoms with Crippen LogP contribution in [0.5, 0.6) is 17.2 Å². The Morgan fingerprint density at radius 2 is 1.69 bits per heavy atom. The summed E-state index contributed by atoms with van der Waals surface area (Å²) in [7, 11) is 4.62. The van der Waals surface area contributed by atoms with Crippen LogP contribution in [0, 0.1) is 0 Å². The van der Waals surface area contributed by atoms with Gasteiger partial charge in [0.2, 0.25) is 5.75 Å². The van der Waals surface area contributed by atoms with E-state index in [-0.39, 0.29) is 0 Å². The number of thioether (sulfide) groups is 1. The molecule has 0 amide bonds. The molecule has 7 nitrogen and oxygen atoms in total. The van der Waals surface area contributed by atoms with Crippen molar-refractivity contribution in [2.24, 2.45) is 5.16 Å². The molecule has 0 saturated heterocycles. The van der Waals surface area contributed by atoms with E-state index in [4.69, 9.17) is 19.0 Å². The zero-order chi connectivity index (χ0) is 25.3. The second-order valence-electron chi connectivity index (χ2n) is 7.31. The van der Waals surface area contributed by atoms with Crippen LogP contribution in [0.3, 0.4) is 0 Å². The van der Waals surface area contributed by atoms with Crippen molar-refractivity contribution in [3.05, 3.63) is 83.9 Å². The van der Waals surface area contributed by atoms with Crippen molar-refractivity contribution in [3.63, 3.8) is 0 Å². The number of carbonyl (C=O) groups is 1. The van der Waals surface area contributed by atoms with Crippen LogP contribution in [0.4, 0.5) is 0 Å². The number of methoxy groups -OCH3 is 3. The number of para-hydroxylation sites is 1.